The zero-order valence-electron chi connectivity index (χ0n) is 12.7. The average Bonchev–Trinajstić information content (AvgIpc) is 2.47. The Morgan fingerprint density at radius 2 is 2.00 bits per heavy atom. The SMILES string of the molecule is COc1ccc(C)cc1[C@@H](C)NC(=O)c1cnc(C)cn1. The third-order valence-electron chi connectivity index (χ3n) is 3.21. The number of amides is 1. The van der Waals surface area contributed by atoms with Gasteiger partial charge >= 0.3 is 0 Å². The van der Waals surface area contributed by atoms with Gasteiger partial charge < -0.3 is 10.1 Å². The molecule has 2 rings (SSSR count). The Morgan fingerprint density at radius 3 is 2.62 bits per heavy atom. The largest absolute Gasteiger partial charge is 0.496 e. The van der Waals surface area contributed by atoms with Crippen LogP contribution in [0.15, 0.2) is 30.6 Å². The second kappa shape index (κ2) is 6.35. The van der Waals surface area contributed by atoms with E-state index in [2.05, 4.69) is 15.3 Å². The number of aryl methyl sites for hydroxylation is 2. The Kier molecular flexibility index (Phi) is 4.52. The van der Waals surface area contributed by atoms with Crippen LogP contribution in [0.25, 0.3) is 0 Å². The maximum absolute atomic E-state index is 12.2. The lowest BCUT2D eigenvalue weighted by atomic mass is 10.0. The molecule has 0 radical (unpaired) electrons. The van der Waals surface area contributed by atoms with Gasteiger partial charge in [0, 0.05) is 11.8 Å². The molecule has 1 aromatic heterocycles. The molecule has 0 saturated carbocycles. The normalized spacial score (nSPS) is 11.8. The molecule has 5 nitrogen and oxygen atoms in total. The lowest BCUT2D eigenvalue weighted by Crippen LogP contribution is -2.28. The molecule has 1 aromatic carbocycles. The van der Waals surface area contributed by atoms with Crippen molar-refractivity contribution in [1.29, 1.82) is 0 Å². The molecule has 110 valence electrons. The molecule has 1 atom stereocenters. The minimum atomic E-state index is -0.251. The van der Waals surface area contributed by atoms with E-state index in [0.717, 1.165) is 22.6 Å². The molecule has 1 amide bonds. The Balaban J connectivity index is 2.17. The number of hydrogen-bond donors (Lipinski definition) is 1. The van der Waals surface area contributed by atoms with E-state index in [4.69, 9.17) is 4.74 Å². The molecular weight excluding hydrogens is 266 g/mol. The smallest absolute Gasteiger partial charge is 0.271 e. The van der Waals surface area contributed by atoms with Gasteiger partial charge in [0.15, 0.2) is 0 Å². The van der Waals surface area contributed by atoms with E-state index in [9.17, 15) is 4.79 Å². The molecule has 0 aliphatic heterocycles. The molecule has 0 saturated heterocycles. The molecule has 1 N–H and O–H groups in total. The predicted molar refractivity (Wildman–Crippen MR) is 80.4 cm³/mol. The fraction of sp³-hybridized carbons (Fsp3) is 0.312. The molecule has 0 aliphatic rings. The summed E-state index contributed by atoms with van der Waals surface area (Å²) >= 11 is 0. The number of ether oxygens (including phenoxy) is 1. The third kappa shape index (κ3) is 3.56. The molecule has 0 spiro atoms. The Labute approximate surface area is 124 Å². The van der Waals surface area contributed by atoms with Crippen molar-refractivity contribution in [2.24, 2.45) is 0 Å². The van der Waals surface area contributed by atoms with E-state index in [0.29, 0.717) is 5.69 Å². The van der Waals surface area contributed by atoms with Crippen LogP contribution in [0, 0.1) is 13.8 Å². The maximum Gasteiger partial charge on any atom is 0.271 e. The Morgan fingerprint density at radius 1 is 1.24 bits per heavy atom. The van der Waals surface area contributed by atoms with Crippen LogP contribution in [0.4, 0.5) is 0 Å². The van der Waals surface area contributed by atoms with Crippen LogP contribution >= 0.6 is 0 Å². The Bertz CT molecular complexity index is 638. The van der Waals surface area contributed by atoms with Gasteiger partial charge in [-0.15, -0.1) is 0 Å². The van der Waals surface area contributed by atoms with Crippen LogP contribution in [0.2, 0.25) is 0 Å². The van der Waals surface area contributed by atoms with Crippen molar-refractivity contribution >= 4 is 5.91 Å². The van der Waals surface area contributed by atoms with Crippen LogP contribution in [0.1, 0.15) is 40.3 Å². The van der Waals surface area contributed by atoms with Crippen LogP contribution in [0.3, 0.4) is 0 Å². The van der Waals surface area contributed by atoms with Crippen LogP contribution < -0.4 is 10.1 Å². The number of benzene rings is 1. The highest BCUT2D eigenvalue weighted by atomic mass is 16.5. The third-order valence-corrected chi connectivity index (χ3v) is 3.21. The first-order chi connectivity index (χ1) is 10.0. The van der Waals surface area contributed by atoms with Crippen LogP contribution in [-0.4, -0.2) is 23.0 Å². The standard InChI is InChI=1S/C16H19N3O2/c1-10-5-6-15(21-4)13(7-10)12(3)19-16(20)14-9-17-11(2)8-18-14/h5-9,12H,1-4H3,(H,19,20)/t12-/m1/s1. The van der Waals surface area contributed by atoms with Gasteiger partial charge in [-0.1, -0.05) is 17.7 Å². The van der Waals surface area contributed by atoms with E-state index in [-0.39, 0.29) is 11.9 Å². The highest BCUT2D eigenvalue weighted by Gasteiger charge is 2.16. The summed E-state index contributed by atoms with van der Waals surface area (Å²) in [5, 5.41) is 2.91. The first-order valence-corrected chi connectivity index (χ1v) is 6.75. The molecule has 2 aromatic rings. The quantitative estimate of drug-likeness (QED) is 0.937. The van der Waals surface area contributed by atoms with Crippen LogP contribution in [0.5, 0.6) is 5.75 Å². The zero-order valence-corrected chi connectivity index (χ0v) is 12.7. The summed E-state index contributed by atoms with van der Waals surface area (Å²) in [5.41, 5.74) is 3.13. The van der Waals surface area contributed by atoms with Crippen molar-refractivity contribution in [3.8, 4) is 5.75 Å². The van der Waals surface area contributed by atoms with Crippen molar-refractivity contribution in [1.82, 2.24) is 15.3 Å². The van der Waals surface area contributed by atoms with E-state index in [1.165, 1.54) is 6.20 Å². The van der Waals surface area contributed by atoms with Gasteiger partial charge in [0.2, 0.25) is 0 Å². The van der Waals surface area contributed by atoms with Crippen molar-refractivity contribution in [3.63, 3.8) is 0 Å². The monoisotopic (exact) mass is 285 g/mol. The molecule has 21 heavy (non-hydrogen) atoms. The van der Waals surface area contributed by atoms with Gasteiger partial charge in [0.1, 0.15) is 11.4 Å². The van der Waals surface area contributed by atoms with Gasteiger partial charge in [0.25, 0.3) is 5.91 Å². The molecule has 5 heteroatoms. The van der Waals surface area contributed by atoms with Crippen molar-refractivity contribution < 1.29 is 9.53 Å². The lowest BCUT2D eigenvalue weighted by molar-refractivity contribution is 0.0934. The first kappa shape index (κ1) is 15.0. The molecular formula is C16H19N3O2. The van der Waals surface area contributed by atoms with Crippen molar-refractivity contribution in [3.05, 3.63) is 53.1 Å². The summed E-state index contributed by atoms with van der Waals surface area (Å²) in [4.78, 5) is 20.3. The second-order valence-electron chi connectivity index (χ2n) is 4.98. The minimum Gasteiger partial charge on any atom is -0.496 e. The summed E-state index contributed by atoms with van der Waals surface area (Å²) in [5.74, 6) is 0.502. The van der Waals surface area contributed by atoms with Crippen molar-refractivity contribution in [2.45, 2.75) is 26.8 Å². The summed E-state index contributed by atoms with van der Waals surface area (Å²) in [6.07, 6.45) is 3.05. The first-order valence-electron chi connectivity index (χ1n) is 6.75. The van der Waals surface area contributed by atoms with Gasteiger partial charge in [-0.2, -0.15) is 0 Å². The summed E-state index contributed by atoms with van der Waals surface area (Å²) < 4.78 is 5.35. The van der Waals surface area contributed by atoms with E-state index in [1.54, 1.807) is 13.3 Å². The number of carbonyl (C=O) groups excluding carboxylic acids is 1. The average molecular weight is 285 g/mol. The van der Waals surface area contributed by atoms with Gasteiger partial charge in [-0.3, -0.25) is 9.78 Å². The fourth-order valence-corrected chi connectivity index (χ4v) is 2.05. The second-order valence-corrected chi connectivity index (χ2v) is 4.98. The predicted octanol–water partition coefficient (Wildman–Crippen LogP) is 2.59. The number of nitrogens with one attached hydrogen (secondary N) is 1. The Hall–Kier alpha value is -2.43. The topological polar surface area (TPSA) is 64.1 Å². The van der Waals surface area contributed by atoms with Crippen molar-refractivity contribution in [2.75, 3.05) is 7.11 Å². The zero-order chi connectivity index (χ0) is 15.4. The summed E-state index contributed by atoms with van der Waals surface area (Å²) in [6.45, 7) is 5.74. The van der Waals surface area contributed by atoms with E-state index in [1.807, 2.05) is 39.0 Å². The van der Waals surface area contributed by atoms with Gasteiger partial charge in [0.05, 0.1) is 25.0 Å². The number of hydrogen-bond acceptors (Lipinski definition) is 4. The van der Waals surface area contributed by atoms with Gasteiger partial charge in [-0.25, -0.2) is 4.98 Å². The molecule has 1 heterocycles. The molecule has 0 unspecified atom stereocenters. The number of rotatable bonds is 4. The molecule has 0 bridgehead atoms. The highest BCUT2D eigenvalue weighted by molar-refractivity contribution is 5.92. The number of nitrogens with zero attached hydrogens (tertiary/aromatic N) is 2. The number of carbonyl (C=O) groups is 1. The van der Waals surface area contributed by atoms with Crippen LogP contribution in [-0.2, 0) is 0 Å². The minimum absolute atomic E-state index is 0.185. The summed E-state index contributed by atoms with van der Waals surface area (Å²) in [6, 6.07) is 5.70. The molecule has 0 aliphatic carbocycles. The van der Waals surface area contributed by atoms with E-state index < -0.39 is 0 Å². The highest BCUT2D eigenvalue weighted by Crippen LogP contribution is 2.26. The molecule has 0 fully saturated rings. The summed E-state index contributed by atoms with van der Waals surface area (Å²) in [7, 11) is 1.62. The number of methoxy groups -OCH3 is 1. The lowest BCUT2D eigenvalue weighted by Gasteiger charge is -2.17. The maximum atomic E-state index is 12.2. The van der Waals surface area contributed by atoms with E-state index >= 15 is 0 Å². The number of aromatic nitrogens is 2. The van der Waals surface area contributed by atoms with Gasteiger partial charge in [-0.05, 0) is 26.8 Å². The fourth-order valence-electron chi connectivity index (χ4n) is 2.05.